The van der Waals surface area contributed by atoms with Gasteiger partial charge in [0.15, 0.2) is 0 Å². The molecule has 0 unspecified atom stereocenters. The minimum atomic E-state index is 0.597. The van der Waals surface area contributed by atoms with Crippen LogP contribution in [0.15, 0.2) is 35.1 Å². The van der Waals surface area contributed by atoms with Gasteiger partial charge in [0.25, 0.3) is 0 Å². The first-order valence-electron chi connectivity index (χ1n) is 5.11. The Morgan fingerprint density at radius 3 is 2.76 bits per heavy atom. The summed E-state index contributed by atoms with van der Waals surface area (Å²) in [4.78, 5) is 8.43. The van der Waals surface area contributed by atoms with Crippen LogP contribution in [0.5, 0.6) is 0 Å². The Kier molecular flexibility index (Phi) is 3.97. The summed E-state index contributed by atoms with van der Waals surface area (Å²) in [5.74, 6) is 0.676. The van der Waals surface area contributed by atoms with Crippen LogP contribution < -0.4 is 5.32 Å². The summed E-state index contributed by atoms with van der Waals surface area (Å²) in [6.45, 7) is 2.62. The number of nitrogens with one attached hydrogen (secondary N) is 1. The molecule has 2 rings (SSSR count). The van der Waals surface area contributed by atoms with Crippen molar-refractivity contribution in [3.8, 4) is 0 Å². The molecule has 3 nitrogen and oxygen atoms in total. The number of rotatable bonds is 3. The van der Waals surface area contributed by atoms with Gasteiger partial charge in [-0.25, -0.2) is 4.98 Å². The van der Waals surface area contributed by atoms with Crippen LogP contribution in [0.25, 0.3) is 0 Å². The van der Waals surface area contributed by atoms with Gasteiger partial charge in [-0.3, -0.25) is 4.98 Å². The van der Waals surface area contributed by atoms with Gasteiger partial charge in [-0.05, 0) is 40.5 Å². The quantitative estimate of drug-likeness (QED) is 0.936. The molecule has 2 aromatic heterocycles. The average Bonchev–Trinajstić information content (AvgIpc) is 2.30. The summed E-state index contributed by atoms with van der Waals surface area (Å²) in [6.07, 6.45) is 3.55. The van der Waals surface area contributed by atoms with E-state index in [0.717, 1.165) is 15.7 Å². The molecule has 0 aliphatic rings. The lowest BCUT2D eigenvalue weighted by Crippen LogP contribution is -2.02. The lowest BCUT2D eigenvalue weighted by atomic mass is 10.2. The highest BCUT2D eigenvalue weighted by atomic mass is 79.9. The average molecular weight is 313 g/mol. The summed E-state index contributed by atoms with van der Waals surface area (Å²) in [7, 11) is 0. The van der Waals surface area contributed by atoms with Crippen LogP contribution in [-0.2, 0) is 6.54 Å². The number of pyridine rings is 2. The largest absolute Gasteiger partial charge is 0.365 e. The van der Waals surface area contributed by atoms with Crippen LogP contribution in [0, 0.1) is 6.92 Å². The van der Waals surface area contributed by atoms with E-state index in [2.05, 4.69) is 31.2 Å². The zero-order chi connectivity index (χ0) is 12.3. The Morgan fingerprint density at radius 1 is 1.29 bits per heavy atom. The molecule has 0 aliphatic heterocycles. The molecule has 0 amide bonds. The van der Waals surface area contributed by atoms with Gasteiger partial charge in [-0.2, -0.15) is 0 Å². The summed E-state index contributed by atoms with van der Waals surface area (Å²) >= 11 is 9.37. The topological polar surface area (TPSA) is 37.8 Å². The van der Waals surface area contributed by atoms with Gasteiger partial charge >= 0.3 is 0 Å². The first kappa shape index (κ1) is 12.3. The maximum atomic E-state index is 6.05. The third-order valence-electron chi connectivity index (χ3n) is 2.24. The number of hydrogen-bond acceptors (Lipinski definition) is 3. The lowest BCUT2D eigenvalue weighted by molar-refractivity contribution is 1.07. The van der Waals surface area contributed by atoms with Gasteiger partial charge in [0, 0.05) is 29.1 Å². The summed E-state index contributed by atoms with van der Waals surface area (Å²) in [5, 5.41) is 3.77. The van der Waals surface area contributed by atoms with Crippen molar-refractivity contribution >= 4 is 33.3 Å². The molecule has 17 heavy (non-hydrogen) atoms. The maximum Gasteiger partial charge on any atom is 0.145 e. The molecular formula is C12H11BrClN3. The van der Waals surface area contributed by atoms with Gasteiger partial charge in [-0.1, -0.05) is 17.7 Å². The van der Waals surface area contributed by atoms with Gasteiger partial charge in [0.2, 0.25) is 0 Å². The fourth-order valence-corrected chi connectivity index (χ4v) is 2.03. The molecule has 0 aromatic carbocycles. The van der Waals surface area contributed by atoms with Crippen molar-refractivity contribution in [3.05, 3.63) is 51.3 Å². The van der Waals surface area contributed by atoms with E-state index >= 15 is 0 Å². The standard InChI is InChI=1S/C12H11BrClN3/c1-8-2-3-9(5-15-8)6-16-12-11(14)4-10(13)7-17-12/h2-5,7H,6H2,1H3,(H,16,17). The van der Waals surface area contributed by atoms with Crippen molar-refractivity contribution in [3.63, 3.8) is 0 Å². The molecule has 0 fully saturated rings. The Labute approximate surface area is 113 Å². The number of anilines is 1. The molecule has 0 bridgehead atoms. The van der Waals surface area contributed by atoms with Crippen molar-refractivity contribution in [1.82, 2.24) is 9.97 Å². The van der Waals surface area contributed by atoms with Crippen molar-refractivity contribution in [2.75, 3.05) is 5.32 Å². The molecule has 0 saturated carbocycles. The fraction of sp³-hybridized carbons (Fsp3) is 0.167. The van der Waals surface area contributed by atoms with Crippen molar-refractivity contribution < 1.29 is 0 Å². The van der Waals surface area contributed by atoms with E-state index in [1.165, 1.54) is 0 Å². The van der Waals surface area contributed by atoms with E-state index in [-0.39, 0.29) is 0 Å². The molecule has 0 atom stereocenters. The van der Waals surface area contributed by atoms with Gasteiger partial charge in [0.05, 0.1) is 5.02 Å². The number of halogens is 2. The van der Waals surface area contributed by atoms with Gasteiger partial charge in [0.1, 0.15) is 5.82 Å². The van der Waals surface area contributed by atoms with Crippen LogP contribution in [-0.4, -0.2) is 9.97 Å². The van der Waals surface area contributed by atoms with Crippen molar-refractivity contribution in [2.45, 2.75) is 13.5 Å². The molecular weight excluding hydrogens is 302 g/mol. The van der Waals surface area contributed by atoms with E-state index in [0.29, 0.717) is 17.4 Å². The number of aromatic nitrogens is 2. The molecule has 88 valence electrons. The van der Waals surface area contributed by atoms with Gasteiger partial charge < -0.3 is 5.32 Å². The van der Waals surface area contributed by atoms with E-state index in [1.54, 1.807) is 6.20 Å². The molecule has 5 heteroatoms. The molecule has 0 saturated heterocycles. The Balaban J connectivity index is 2.04. The molecule has 2 heterocycles. The highest BCUT2D eigenvalue weighted by molar-refractivity contribution is 9.10. The highest BCUT2D eigenvalue weighted by Crippen LogP contribution is 2.23. The second kappa shape index (κ2) is 5.47. The molecule has 0 spiro atoms. The predicted octanol–water partition coefficient (Wildman–Crippen LogP) is 3.81. The molecule has 0 aliphatic carbocycles. The highest BCUT2D eigenvalue weighted by Gasteiger charge is 2.02. The summed E-state index contributed by atoms with van der Waals surface area (Å²) in [6, 6.07) is 5.82. The van der Waals surface area contributed by atoms with Gasteiger partial charge in [-0.15, -0.1) is 0 Å². The van der Waals surface area contributed by atoms with Crippen molar-refractivity contribution in [1.29, 1.82) is 0 Å². The Bertz CT molecular complexity index is 514. The Morgan fingerprint density at radius 2 is 2.12 bits per heavy atom. The maximum absolute atomic E-state index is 6.05. The zero-order valence-corrected chi connectivity index (χ0v) is 11.6. The van der Waals surface area contributed by atoms with E-state index < -0.39 is 0 Å². The van der Waals surface area contributed by atoms with Crippen molar-refractivity contribution in [2.24, 2.45) is 0 Å². The zero-order valence-electron chi connectivity index (χ0n) is 9.24. The predicted molar refractivity (Wildman–Crippen MR) is 73.2 cm³/mol. The van der Waals surface area contributed by atoms with Crippen LogP contribution in [0.3, 0.4) is 0 Å². The molecule has 1 N–H and O–H groups in total. The van der Waals surface area contributed by atoms with Crippen LogP contribution >= 0.6 is 27.5 Å². The van der Waals surface area contributed by atoms with E-state index in [9.17, 15) is 0 Å². The van der Waals surface area contributed by atoms with E-state index in [1.807, 2.05) is 31.3 Å². The number of aryl methyl sites for hydroxylation is 1. The third-order valence-corrected chi connectivity index (χ3v) is 2.96. The fourth-order valence-electron chi connectivity index (χ4n) is 1.33. The third kappa shape index (κ3) is 3.41. The lowest BCUT2D eigenvalue weighted by Gasteiger charge is -2.07. The van der Waals surface area contributed by atoms with Crippen LogP contribution in [0.4, 0.5) is 5.82 Å². The second-order valence-electron chi connectivity index (χ2n) is 3.65. The number of hydrogen-bond donors (Lipinski definition) is 1. The SMILES string of the molecule is Cc1ccc(CNc2ncc(Br)cc2Cl)cn1. The first-order chi connectivity index (χ1) is 8.15. The molecule has 2 aromatic rings. The normalized spacial score (nSPS) is 10.3. The van der Waals surface area contributed by atoms with Crippen LogP contribution in [0.2, 0.25) is 5.02 Å². The smallest absolute Gasteiger partial charge is 0.145 e. The van der Waals surface area contributed by atoms with E-state index in [4.69, 9.17) is 11.6 Å². The second-order valence-corrected chi connectivity index (χ2v) is 4.97. The minimum absolute atomic E-state index is 0.597. The molecule has 0 radical (unpaired) electrons. The Hall–Kier alpha value is -1.13. The summed E-state index contributed by atoms with van der Waals surface area (Å²) in [5.41, 5.74) is 2.10. The monoisotopic (exact) mass is 311 g/mol. The summed E-state index contributed by atoms with van der Waals surface area (Å²) < 4.78 is 0.866. The number of nitrogens with zero attached hydrogens (tertiary/aromatic N) is 2. The first-order valence-corrected chi connectivity index (χ1v) is 6.29. The minimum Gasteiger partial charge on any atom is -0.365 e. The van der Waals surface area contributed by atoms with Crippen LogP contribution in [0.1, 0.15) is 11.3 Å².